The van der Waals surface area contributed by atoms with E-state index in [1.165, 1.54) is 0 Å². The van der Waals surface area contributed by atoms with Crippen molar-refractivity contribution in [2.24, 2.45) is 0 Å². The van der Waals surface area contributed by atoms with E-state index >= 15 is 0 Å². The molecular formula is C15H16N4O2. The number of rotatable bonds is 3. The first-order chi connectivity index (χ1) is 10.1. The van der Waals surface area contributed by atoms with E-state index in [2.05, 4.69) is 9.97 Å². The molecule has 1 unspecified atom stereocenters. The summed E-state index contributed by atoms with van der Waals surface area (Å²) in [5, 5.41) is 10.6. The Labute approximate surface area is 121 Å². The Hall–Kier alpha value is -2.76. The molecule has 0 bridgehead atoms. The van der Waals surface area contributed by atoms with Crippen molar-refractivity contribution in [3.8, 4) is 5.75 Å². The molecule has 2 heterocycles. The van der Waals surface area contributed by atoms with E-state index in [0.29, 0.717) is 23.3 Å². The first-order valence-corrected chi connectivity index (χ1v) is 6.63. The Bertz CT molecular complexity index is 797. The monoisotopic (exact) mass is 284 g/mol. The molecular weight excluding hydrogens is 268 g/mol. The average Bonchev–Trinajstić information content (AvgIpc) is 2.82. The number of hydrogen-bond donors (Lipinski definition) is 3. The number of aromatic nitrogens is 2. The zero-order chi connectivity index (χ0) is 15.0. The largest absolute Gasteiger partial charge is 0.508 e. The molecule has 0 fully saturated rings. The molecule has 0 saturated carbocycles. The number of hydrogen-bond acceptors (Lipinski definition) is 6. The van der Waals surface area contributed by atoms with Crippen LogP contribution in [0.4, 0.5) is 11.8 Å². The van der Waals surface area contributed by atoms with E-state index in [1.54, 1.807) is 18.4 Å². The van der Waals surface area contributed by atoms with Gasteiger partial charge in [-0.1, -0.05) is 25.1 Å². The van der Waals surface area contributed by atoms with E-state index in [1.807, 2.05) is 19.1 Å². The number of para-hydroxylation sites is 1. The third-order valence-electron chi connectivity index (χ3n) is 3.55. The Morgan fingerprint density at radius 2 is 2.00 bits per heavy atom. The van der Waals surface area contributed by atoms with Crippen LogP contribution in [0.1, 0.15) is 24.0 Å². The third kappa shape index (κ3) is 2.35. The molecule has 0 aliphatic carbocycles. The highest BCUT2D eigenvalue weighted by molar-refractivity contribution is 5.88. The summed E-state index contributed by atoms with van der Waals surface area (Å²) in [7, 11) is 0. The number of nitrogens with zero attached hydrogens (tertiary/aromatic N) is 2. The number of nitrogens with two attached hydrogens (primary N) is 2. The number of aromatic hydroxyl groups is 1. The van der Waals surface area contributed by atoms with Gasteiger partial charge in [0.25, 0.3) is 0 Å². The van der Waals surface area contributed by atoms with E-state index in [9.17, 15) is 5.11 Å². The molecule has 1 aromatic carbocycles. The summed E-state index contributed by atoms with van der Waals surface area (Å²) in [6.07, 6.45) is 2.27. The maximum atomic E-state index is 9.92. The van der Waals surface area contributed by atoms with Crippen molar-refractivity contribution in [2.45, 2.75) is 19.3 Å². The molecule has 0 aliphatic rings. The van der Waals surface area contributed by atoms with Gasteiger partial charge < -0.3 is 21.0 Å². The van der Waals surface area contributed by atoms with Crippen LogP contribution < -0.4 is 11.5 Å². The maximum absolute atomic E-state index is 9.92. The van der Waals surface area contributed by atoms with Gasteiger partial charge >= 0.3 is 0 Å². The van der Waals surface area contributed by atoms with Gasteiger partial charge in [-0.15, -0.1) is 0 Å². The third-order valence-corrected chi connectivity index (χ3v) is 3.55. The predicted octanol–water partition coefficient (Wildman–Crippen LogP) is 2.44. The summed E-state index contributed by atoms with van der Waals surface area (Å²) >= 11 is 0. The summed E-state index contributed by atoms with van der Waals surface area (Å²) in [5.41, 5.74) is 13.6. The minimum Gasteiger partial charge on any atom is -0.508 e. The lowest BCUT2D eigenvalue weighted by Crippen LogP contribution is -2.02. The number of phenols is 1. The van der Waals surface area contributed by atoms with Gasteiger partial charge in [-0.3, -0.25) is 0 Å². The highest BCUT2D eigenvalue weighted by Crippen LogP contribution is 2.32. The number of anilines is 2. The van der Waals surface area contributed by atoms with Crippen molar-refractivity contribution in [1.29, 1.82) is 0 Å². The fourth-order valence-electron chi connectivity index (χ4n) is 2.54. The molecule has 1 atom stereocenters. The zero-order valence-corrected chi connectivity index (χ0v) is 11.6. The summed E-state index contributed by atoms with van der Waals surface area (Å²) < 4.78 is 5.40. The summed E-state index contributed by atoms with van der Waals surface area (Å²) in [5.74, 6) is 0.788. The Morgan fingerprint density at radius 1 is 1.24 bits per heavy atom. The predicted molar refractivity (Wildman–Crippen MR) is 80.9 cm³/mol. The van der Waals surface area contributed by atoms with Crippen LogP contribution in [-0.4, -0.2) is 15.1 Å². The number of benzene rings is 1. The lowest BCUT2D eigenvalue weighted by molar-refractivity contribution is 0.462. The highest BCUT2D eigenvalue weighted by atomic mass is 16.3. The molecule has 0 radical (unpaired) electrons. The second-order valence-electron chi connectivity index (χ2n) is 5.07. The minimum absolute atomic E-state index is 0.0923. The van der Waals surface area contributed by atoms with Crippen molar-refractivity contribution in [3.63, 3.8) is 0 Å². The number of fused-ring (bicyclic) bond motifs is 1. The Balaban J connectivity index is 1.97. The van der Waals surface area contributed by atoms with Crippen molar-refractivity contribution in [2.75, 3.05) is 11.5 Å². The van der Waals surface area contributed by atoms with E-state index in [-0.39, 0.29) is 17.6 Å². The number of furan rings is 1. The van der Waals surface area contributed by atoms with Gasteiger partial charge in [-0.2, -0.15) is 9.97 Å². The van der Waals surface area contributed by atoms with Crippen molar-refractivity contribution in [1.82, 2.24) is 9.97 Å². The maximum Gasteiger partial charge on any atom is 0.233 e. The molecule has 0 saturated heterocycles. The van der Waals surface area contributed by atoms with Crippen molar-refractivity contribution >= 4 is 22.9 Å². The van der Waals surface area contributed by atoms with Gasteiger partial charge in [0.15, 0.2) is 0 Å². The normalized spacial score (nSPS) is 12.6. The first kappa shape index (κ1) is 13.2. The fourth-order valence-corrected chi connectivity index (χ4v) is 2.54. The average molecular weight is 284 g/mol. The molecule has 0 aliphatic heterocycles. The molecule has 3 aromatic rings. The van der Waals surface area contributed by atoms with Gasteiger partial charge in [0.1, 0.15) is 11.6 Å². The Kier molecular flexibility index (Phi) is 3.13. The highest BCUT2D eigenvalue weighted by Gasteiger charge is 2.17. The van der Waals surface area contributed by atoms with Gasteiger partial charge in [0.05, 0.1) is 11.6 Å². The molecule has 3 rings (SSSR count). The lowest BCUT2D eigenvalue weighted by Gasteiger charge is -2.12. The molecule has 0 spiro atoms. The molecule has 6 heteroatoms. The van der Waals surface area contributed by atoms with Gasteiger partial charge in [0, 0.05) is 5.56 Å². The van der Waals surface area contributed by atoms with E-state index in [0.717, 1.165) is 11.1 Å². The van der Waals surface area contributed by atoms with Crippen LogP contribution in [0.5, 0.6) is 5.75 Å². The van der Waals surface area contributed by atoms with Crippen LogP contribution in [0.3, 0.4) is 0 Å². The topological polar surface area (TPSA) is 111 Å². The fraction of sp³-hybridized carbons (Fsp3) is 0.200. The summed E-state index contributed by atoms with van der Waals surface area (Å²) in [4.78, 5) is 7.99. The smallest absolute Gasteiger partial charge is 0.233 e. The second-order valence-corrected chi connectivity index (χ2v) is 5.07. The van der Waals surface area contributed by atoms with Crippen molar-refractivity contribution in [3.05, 3.63) is 41.7 Å². The van der Waals surface area contributed by atoms with Gasteiger partial charge in [0.2, 0.25) is 11.7 Å². The van der Waals surface area contributed by atoms with Gasteiger partial charge in [-0.25, -0.2) is 0 Å². The van der Waals surface area contributed by atoms with Crippen LogP contribution in [0, 0.1) is 0 Å². The minimum atomic E-state index is 0.0923. The van der Waals surface area contributed by atoms with Crippen molar-refractivity contribution < 1.29 is 9.52 Å². The molecule has 6 nitrogen and oxygen atoms in total. The molecule has 2 aromatic heterocycles. The standard InChI is InChI=1S/C15H16N4O2/c1-8(10-4-2-3-5-11(10)20)6-9-7-21-14-12(9)13(16)18-15(17)19-14/h2-5,7-8,20H,6H2,1H3,(H4,16,17,18,19). The Morgan fingerprint density at radius 3 is 2.76 bits per heavy atom. The van der Waals surface area contributed by atoms with Crippen LogP contribution in [0.15, 0.2) is 34.9 Å². The SMILES string of the molecule is CC(Cc1coc2nc(N)nc(N)c12)c1ccccc1O. The zero-order valence-electron chi connectivity index (χ0n) is 11.6. The molecule has 5 N–H and O–H groups in total. The van der Waals surface area contributed by atoms with Crippen LogP contribution in [0.25, 0.3) is 11.1 Å². The lowest BCUT2D eigenvalue weighted by atomic mass is 9.93. The van der Waals surface area contributed by atoms with Crippen LogP contribution in [0.2, 0.25) is 0 Å². The first-order valence-electron chi connectivity index (χ1n) is 6.63. The number of nitrogen functional groups attached to an aromatic ring is 2. The molecule has 0 amide bonds. The summed E-state index contributed by atoms with van der Waals surface area (Å²) in [6, 6.07) is 7.28. The van der Waals surface area contributed by atoms with Crippen LogP contribution >= 0.6 is 0 Å². The quantitative estimate of drug-likeness (QED) is 0.681. The van der Waals surface area contributed by atoms with E-state index < -0.39 is 0 Å². The molecule has 108 valence electrons. The number of phenolic OH excluding ortho intramolecular Hbond substituents is 1. The van der Waals surface area contributed by atoms with Crippen LogP contribution in [-0.2, 0) is 6.42 Å². The van der Waals surface area contributed by atoms with E-state index in [4.69, 9.17) is 15.9 Å². The summed E-state index contributed by atoms with van der Waals surface area (Å²) in [6.45, 7) is 2.03. The van der Waals surface area contributed by atoms with Gasteiger partial charge in [-0.05, 0) is 24.0 Å². The molecule has 21 heavy (non-hydrogen) atoms. The second kappa shape index (κ2) is 4.97.